The molecule has 1 aliphatic heterocycles. The highest BCUT2D eigenvalue weighted by molar-refractivity contribution is 7.91. The Hall–Kier alpha value is -4.36. The van der Waals surface area contributed by atoms with Gasteiger partial charge in [0.05, 0.1) is 21.5 Å². The number of nitrogens with zero attached hydrogens (tertiary/aromatic N) is 2. The maximum absolute atomic E-state index is 14.0. The summed E-state index contributed by atoms with van der Waals surface area (Å²) in [6.07, 6.45) is -3.68. The Labute approximate surface area is 272 Å². The zero-order valence-corrected chi connectivity index (χ0v) is 27.4. The van der Waals surface area contributed by atoms with E-state index in [0.717, 1.165) is 41.2 Å². The molecule has 0 spiro atoms. The van der Waals surface area contributed by atoms with Gasteiger partial charge >= 0.3 is 12.4 Å². The largest absolute Gasteiger partial charge is 0.573 e. The van der Waals surface area contributed by atoms with E-state index in [1.54, 1.807) is 28.9 Å². The van der Waals surface area contributed by atoms with E-state index in [1.165, 1.54) is 0 Å². The quantitative estimate of drug-likeness (QED) is 0.179. The van der Waals surface area contributed by atoms with Crippen molar-refractivity contribution >= 4 is 27.4 Å². The lowest BCUT2D eigenvalue weighted by molar-refractivity contribution is -0.274. The Morgan fingerprint density at radius 1 is 0.936 bits per heavy atom. The first-order valence-corrected chi connectivity index (χ1v) is 16.8. The minimum absolute atomic E-state index is 0.100. The standard InChI is InChI=1S/C34H38F3N5O4S/c1-22-5-11-26(12-6-22)42-30(21-29(41-42)33(2,3)4)40-32(43)39-25-9-7-23(8-10-25)31(24-17-19-38-20-18-24)47(44,45)28-15-13-27(14-16-28)46-34(35,36)37/h5-16,21,24,31,38H,17-20H2,1-4H3,(H2,39,40,43). The normalized spacial score (nSPS) is 15.2. The first kappa shape index (κ1) is 34.0. The van der Waals surface area contributed by atoms with Crippen molar-refractivity contribution in [2.75, 3.05) is 23.7 Å². The lowest BCUT2D eigenvalue weighted by atomic mass is 9.90. The van der Waals surface area contributed by atoms with Gasteiger partial charge in [-0.3, -0.25) is 5.32 Å². The van der Waals surface area contributed by atoms with Crippen LogP contribution in [0.1, 0.15) is 55.7 Å². The molecule has 1 atom stereocenters. The number of sulfone groups is 1. The molecule has 3 aromatic carbocycles. The smallest absolute Gasteiger partial charge is 0.406 e. The van der Waals surface area contributed by atoms with Gasteiger partial charge in [0.1, 0.15) is 11.6 Å². The third-order valence-corrected chi connectivity index (χ3v) is 10.3. The van der Waals surface area contributed by atoms with Gasteiger partial charge in [0.2, 0.25) is 0 Å². The predicted molar refractivity (Wildman–Crippen MR) is 175 cm³/mol. The maximum Gasteiger partial charge on any atom is 0.573 e. The van der Waals surface area contributed by atoms with E-state index < -0.39 is 33.2 Å². The first-order valence-electron chi connectivity index (χ1n) is 15.3. The van der Waals surface area contributed by atoms with Crippen molar-refractivity contribution in [2.24, 2.45) is 5.92 Å². The number of anilines is 2. The number of alkyl halides is 3. The van der Waals surface area contributed by atoms with Crippen molar-refractivity contribution in [3.05, 3.63) is 95.7 Å². The van der Waals surface area contributed by atoms with Gasteiger partial charge in [0, 0.05) is 17.2 Å². The van der Waals surface area contributed by atoms with Gasteiger partial charge in [-0.15, -0.1) is 13.2 Å². The highest BCUT2D eigenvalue weighted by Crippen LogP contribution is 2.40. The molecule has 0 aliphatic carbocycles. The number of hydrogen-bond acceptors (Lipinski definition) is 6. The molecule has 0 saturated carbocycles. The Bertz CT molecular complexity index is 1790. The molecule has 0 bridgehead atoms. The molecule has 1 saturated heterocycles. The molecule has 47 heavy (non-hydrogen) atoms. The van der Waals surface area contributed by atoms with E-state index >= 15 is 0 Å². The fraction of sp³-hybridized carbons (Fsp3) is 0.353. The van der Waals surface area contributed by atoms with Crippen LogP contribution >= 0.6 is 0 Å². The van der Waals surface area contributed by atoms with Crippen molar-refractivity contribution in [1.82, 2.24) is 15.1 Å². The average Bonchev–Trinajstić information content (AvgIpc) is 3.43. The number of hydrogen-bond donors (Lipinski definition) is 3. The van der Waals surface area contributed by atoms with Crippen molar-refractivity contribution in [1.29, 1.82) is 0 Å². The highest BCUT2D eigenvalue weighted by atomic mass is 32.2. The SMILES string of the molecule is Cc1ccc(-n2nc(C(C)(C)C)cc2NC(=O)Nc2ccc(C(C3CCNCC3)S(=O)(=O)c3ccc(OC(F)(F)F)cc3)cc2)cc1. The number of nitrogens with one attached hydrogen (secondary N) is 3. The van der Waals surface area contributed by atoms with Crippen LogP contribution in [-0.4, -0.2) is 43.7 Å². The van der Waals surface area contributed by atoms with Gasteiger partial charge < -0.3 is 15.4 Å². The van der Waals surface area contributed by atoms with Crippen molar-refractivity contribution < 1.29 is 31.1 Å². The summed E-state index contributed by atoms with van der Waals surface area (Å²) in [6.45, 7) is 9.39. The molecule has 2 amide bonds. The summed E-state index contributed by atoms with van der Waals surface area (Å²) in [4.78, 5) is 13.1. The zero-order valence-electron chi connectivity index (χ0n) is 26.6. The number of amides is 2. The minimum atomic E-state index is -4.89. The van der Waals surface area contributed by atoms with E-state index in [-0.39, 0.29) is 16.2 Å². The van der Waals surface area contributed by atoms with E-state index in [2.05, 4.69) is 20.7 Å². The second-order valence-electron chi connectivity index (χ2n) is 12.7. The van der Waals surface area contributed by atoms with Crippen LogP contribution in [0.3, 0.4) is 0 Å². The fourth-order valence-electron chi connectivity index (χ4n) is 5.58. The van der Waals surface area contributed by atoms with Gasteiger partial charge in [-0.2, -0.15) is 5.10 Å². The Morgan fingerprint density at radius 3 is 2.13 bits per heavy atom. The van der Waals surface area contributed by atoms with Crippen LogP contribution < -0.4 is 20.7 Å². The third-order valence-electron chi connectivity index (χ3n) is 8.03. The number of urea groups is 1. The van der Waals surface area contributed by atoms with Gasteiger partial charge in [-0.05, 0) is 92.9 Å². The summed E-state index contributed by atoms with van der Waals surface area (Å²) >= 11 is 0. The average molecular weight is 670 g/mol. The van der Waals surface area contributed by atoms with Crippen LogP contribution in [0.2, 0.25) is 0 Å². The second kappa shape index (κ2) is 13.4. The number of benzene rings is 3. The molecule has 1 fully saturated rings. The number of aryl methyl sites for hydroxylation is 1. The van der Waals surface area contributed by atoms with E-state index in [0.29, 0.717) is 43.0 Å². The zero-order chi connectivity index (χ0) is 34.0. The van der Waals surface area contributed by atoms with Gasteiger partial charge in [0.15, 0.2) is 9.84 Å². The van der Waals surface area contributed by atoms with Gasteiger partial charge in [0.25, 0.3) is 0 Å². The summed E-state index contributed by atoms with van der Waals surface area (Å²) < 4.78 is 71.5. The van der Waals surface area contributed by atoms with Gasteiger partial charge in [-0.25, -0.2) is 17.9 Å². The molecule has 13 heteroatoms. The minimum Gasteiger partial charge on any atom is -0.406 e. The predicted octanol–water partition coefficient (Wildman–Crippen LogP) is 7.54. The number of piperidine rings is 1. The van der Waals surface area contributed by atoms with E-state index in [9.17, 15) is 26.4 Å². The summed E-state index contributed by atoms with van der Waals surface area (Å²) in [5.74, 6) is -0.245. The number of rotatable bonds is 8. The molecule has 1 unspecified atom stereocenters. The van der Waals surface area contributed by atoms with Crippen LogP contribution in [0.5, 0.6) is 5.75 Å². The Balaban J connectivity index is 1.37. The second-order valence-corrected chi connectivity index (χ2v) is 14.8. The third kappa shape index (κ3) is 8.33. The molecule has 250 valence electrons. The molecule has 5 rings (SSSR count). The lowest BCUT2D eigenvalue weighted by Gasteiger charge is -2.31. The molecule has 2 heterocycles. The summed E-state index contributed by atoms with van der Waals surface area (Å²) in [7, 11) is -4.01. The Kier molecular flexibility index (Phi) is 9.69. The molecule has 1 aromatic heterocycles. The molecule has 1 aliphatic rings. The molecule has 4 aromatic rings. The summed E-state index contributed by atoms with van der Waals surface area (Å²) in [5, 5.41) is 12.7. The first-order chi connectivity index (χ1) is 22.1. The topological polar surface area (TPSA) is 114 Å². The molecule has 0 radical (unpaired) electrons. The number of aromatic nitrogens is 2. The van der Waals surface area contributed by atoms with Crippen LogP contribution in [0.25, 0.3) is 5.69 Å². The molecule has 3 N–H and O–H groups in total. The van der Waals surface area contributed by atoms with Crippen LogP contribution in [0.4, 0.5) is 29.5 Å². The van der Waals surface area contributed by atoms with Crippen molar-refractivity contribution in [2.45, 2.75) is 62.5 Å². The van der Waals surface area contributed by atoms with Crippen molar-refractivity contribution in [3.8, 4) is 11.4 Å². The maximum atomic E-state index is 14.0. The van der Waals surface area contributed by atoms with E-state index in [4.69, 9.17) is 5.10 Å². The van der Waals surface area contributed by atoms with Crippen LogP contribution in [0.15, 0.2) is 83.8 Å². The monoisotopic (exact) mass is 669 g/mol. The Morgan fingerprint density at radius 2 is 1.55 bits per heavy atom. The highest BCUT2D eigenvalue weighted by Gasteiger charge is 2.37. The fourth-order valence-corrected chi connectivity index (χ4v) is 7.69. The number of halogens is 3. The summed E-state index contributed by atoms with van der Waals surface area (Å²) in [5.41, 5.74) is 3.38. The van der Waals surface area contributed by atoms with E-state index in [1.807, 2.05) is 58.0 Å². The number of carbonyl (C=O) groups excluding carboxylic acids is 1. The van der Waals surface area contributed by atoms with Crippen LogP contribution in [0, 0.1) is 12.8 Å². The van der Waals surface area contributed by atoms with Gasteiger partial charge in [-0.1, -0.05) is 50.6 Å². The lowest BCUT2D eigenvalue weighted by Crippen LogP contribution is -2.33. The molecular weight excluding hydrogens is 631 g/mol. The number of carbonyl (C=O) groups is 1. The van der Waals surface area contributed by atoms with Crippen molar-refractivity contribution in [3.63, 3.8) is 0 Å². The number of ether oxygens (including phenoxy) is 1. The van der Waals surface area contributed by atoms with Crippen LogP contribution in [-0.2, 0) is 15.3 Å². The summed E-state index contributed by atoms with van der Waals surface area (Å²) in [6, 6.07) is 20.0. The molecule has 9 nitrogen and oxygen atoms in total. The molecular formula is C34H38F3N5O4S.